The largest absolute Gasteiger partial charge is 0.478 e. The van der Waals surface area contributed by atoms with Gasteiger partial charge in [-0.1, -0.05) is 0 Å². The summed E-state index contributed by atoms with van der Waals surface area (Å²) < 4.78 is 35.6. The highest BCUT2D eigenvalue weighted by Crippen LogP contribution is 2.22. The van der Waals surface area contributed by atoms with Gasteiger partial charge >= 0.3 is 12.1 Å². The van der Waals surface area contributed by atoms with E-state index < -0.39 is 18.6 Å². The van der Waals surface area contributed by atoms with Gasteiger partial charge in [0.05, 0.1) is 5.56 Å². The third kappa shape index (κ3) is 4.52. The van der Waals surface area contributed by atoms with Crippen LogP contribution in [0.3, 0.4) is 0 Å². The van der Waals surface area contributed by atoms with E-state index in [1.54, 1.807) is 0 Å². The van der Waals surface area contributed by atoms with Crippen molar-refractivity contribution in [2.45, 2.75) is 19.0 Å². The SMILES string of the molecule is Nc1ccc(NCCCC(F)(F)F)cc1C(=O)O. The number of aromatic carboxylic acids is 1. The van der Waals surface area contributed by atoms with Crippen molar-refractivity contribution in [2.75, 3.05) is 17.6 Å². The van der Waals surface area contributed by atoms with Crippen molar-refractivity contribution in [3.63, 3.8) is 0 Å². The Balaban J connectivity index is 2.53. The molecular formula is C11H13F3N2O2. The van der Waals surface area contributed by atoms with Crippen LogP contribution in [0.15, 0.2) is 18.2 Å². The number of hydrogen-bond acceptors (Lipinski definition) is 3. The highest BCUT2D eigenvalue weighted by atomic mass is 19.4. The van der Waals surface area contributed by atoms with E-state index in [0.717, 1.165) is 0 Å². The standard InChI is InChI=1S/C11H13F3N2O2/c12-11(13,14)4-1-5-16-7-2-3-9(15)8(6-7)10(17)18/h2-3,6,16H,1,4-5,15H2,(H,17,18). The zero-order chi connectivity index (χ0) is 13.8. The molecular weight excluding hydrogens is 249 g/mol. The Morgan fingerprint density at radius 3 is 2.61 bits per heavy atom. The fraction of sp³-hybridized carbons (Fsp3) is 0.364. The minimum absolute atomic E-state index is 0.0731. The lowest BCUT2D eigenvalue weighted by molar-refractivity contribution is -0.134. The molecule has 0 spiro atoms. The predicted octanol–water partition coefficient (Wildman–Crippen LogP) is 2.72. The lowest BCUT2D eigenvalue weighted by atomic mass is 10.1. The zero-order valence-corrected chi connectivity index (χ0v) is 9.42. The van der Waals surface area contributed by atoms with E-state index in [9.17, 15) is 18.0 Å². The molecule has 0 aromatic heterocycles. The maximum Gasteiger partial charge on any atom is 0.389 e. The fourth-order valence-corrected chi connectivity index (χ4v) is 1.37. The number of hydrogen-bond donors (Lipinski definition) is 3. The van der Waals surface area contributed by atoms with Crippen molar-refractivity contribution in [3.8, 4) is 0 Å². The second-order valence-corrected chi connectivity index (χ2v) is 3.75. The number of carbonyl (C=O) groups is 1. The predicted molar refractivity (Wildman–Crippen MR) is 61.6 cm³/mol. The number of alkyl halides is 3. The normalized spacial score (nSPS) is 11.3. The average molecular weight is 262 g/mol. The first kappa shape index (κ1) is 14.1. The average Bonchev–Trinajstić information content (AvgIpc) is 2.24. The number of halogens is 3. The molecule has 0 aliphatic rings. The van der Waals surface area contributed by atoms with Crippen LogP contribution in [-0.2, 0) is 0 Å². The number of carboxylic acid groups (broad SMARTS) is 1. The van der Waals surface area contributed by atoms with Crippen LogP contribution in [0, 0.1) is 0 Å². The third-order valence-electron chi connectivity index (χ3n) is 2.25. The van der Waals surface area contributed by atoms with E-state index in [0.29, 0.717) is 5.69 Å². The molecule has 0 unspecified atom stereocenters. The van der Waals surface area contributed by atoms with Gasteiger partial charge in [-0.3, -0.25) is 0 Å². The van der Waals surface area contributed by atoms with Crippen LogP contribution in [0.25, 0.3) is 0 Å². The van der Waals surface area contributed by atoms with Crippen LogP contribution < -0.4 is 11.1 Å². The Kier molecular flexibility index (Phi) is 4.41. The highest BCUT2D eigenvalue weighted by molar-refractivity contribution is 5.94. The van der Waals surface area contributed by atoms with Gasteiger partial charge in [-0.15, -0.1) is 0 Å². The summed E-state index contributed by atoms with van der Waals surface area (Å²) in [5, 5.41) is 11.5. The Bertz CT molecular complexity index is 433. The molecule has 4 N–H and O–H groups in total. The van der Waals surface area contributed by atoms with Crippen molar-refractivity contribution in [1.29, 1.82) is 0 Å². The Morgan fingerprint density at radius 1 is 1.39 bits per heavy atom. The molecule has 0 fully saturated rings. The second kappa shape index (κ2) is 5.61. The minimum atomic E-state index is -4.17. The van der Waals surface area contributed by atoms with Crippen LogP contribution in [-0.4, -0.2) is 23.8 Å². The number of anilines is 2. The summed E-state index contributed by atoms with van der Waals surface area (Å²) in [5.41, 5.74) is 5.92. The molecule has 0 saturated carbocycles. The van der Waals surface area contributed by atoms with E-state index in [4.69, 9.17) is 10.8 Å². The molecule has 18 heavy (non-hydrogen) atoms. The number of nitrogens with two attached hydrogens (primary N) is 1. The van der Waals surface area contributed by atoms with Gasteiger partial charge in [0.15, 0.2) is 0 Å². The van der Waals surface area contributed by atoms with Crippen LogP contribution in [0.4, 0.5) is 24.5 Å². The number of rotatable bonds is 5. The first-order valence-corrected chi connectivity index (χ1v) is 5.23. The van der Waals surface area contributed by atoms with Crippen LogP contribution in [0.1, 0.15) is 23.2 Å². The summed E-state index contributed by atoms with van der Waals surface area (Å²) in [5.74, 6) is -1.17. The summed E-state index contributed by atoms with van der Waals surface area (Å²) in [6, 6.07) is 4.22. The smallest absolute Gasteiger partial charge is 0.389 e. The van der Waals surface area contributed by atoms with Gasteiger partial charge in [-0.2, -0.15) is 13.2 Å². The summed E-state index contributed by atoms with van der Waals surface area (Å²) in [7, 11) is 0. The Labute approximate surface area is 102 Å². The molecule has 1 aromatic rings. The first-order chi connectivity index (χ1) is 8.29. The third-order valence-corrected chi connectivity index (χ3v) is 2.25. The number of benzene rings is 1. The first-order valence-electron chi connectivity index (χ1n) is 5.23. The molecule has 0 radical (unpaired) electrons. The van der Waals surface area contributed by atoms with Gasteiger partial charge < -0.3 is 16.2 Å². The monoisotopic (exact) mass is 262 g/mol. The van der Waals surface area contributed by atoms with Crippen molar-refractivity contribution in [1.82, 2.24) is 0 Å². The second-order valence-electron chi connectivity index (χ2n) is 3.75. The molecule has 0 heterocycles. The van der Waals surface area contributed by atoms with Crippen LogP contribution >= 0.6 is 0 Å². The number of carboxylic acids is 1. The van der Waals surface area contributed by atoms with Gasteiger partial charge in [-0.05, 0) is 24.6 Å². The Hall–Kier alpha value is -1.92. The minimum Gasteiger partial charge on any atom is -0.478 e. The van der Waals surface area contributed by atoms with E-state index in [2.05, 4.69) is 5.32 Å². The summed E-state index contributed by atoms with van der Waals surface area (Å²) >= 11 is 0. The Morgan fingerprint density at radius 2 is 2.06 bits per heavy atom. The van der Waals surface area contributed by atoms with Gasteiger partial charge in [0.1, 0.15) is 0 Å². The van der Waals surface area contributed by atoms with Gasteiger partial charge in [-0.25, -0.2) is 4.79 Å². The molecule has 4 nitrogen and oxygen atoms in total. The highest BCUT2D eigenvalue weighted by Gasteiger charge is 2.25. The van der Waals surface area contributed by atoms with Gasteiger partial charge in [0, 0.05) is 24.3 Å². The zero-order valence-electron chi connectivity index (χ0n) is 9.42. The lowest BCUT2D eigenvalue weighted by Crippen LogP contribution is -2.11. The summed E-state index contributed by atoms with van der Waals surface area (Å²) in [4.78, 5) is 10.8. The van der Waals surface area contributed by atoms with Crippen LogP contribution in [0.2, 0.25) is 0 Å². The van der Waals surface area contributed by atoms with Crippen molar-refractivity contribution >= 4 is 17.3 Å². The van der Waals surface area contributed by atoms with Crippen molar-refractivity contribution in [2.24, 2.45) is 0 Å². The molecule has 7 heteroatoms. The molecule has 100 valence electrons. The van der Waals surface area contributed by atoms with E-state index in [1.807, 2.05) is 0 Å². The maximum atomic E-state index is 11.9. The summed E-state index contributed by atoms with van der Waals surface area (Å²) in [6.07, 6.45) is -5.12. The molecule has 0 bridgehead atoms. The molecule has 1 aromatic carbocycles. The maximum absolute atomic E-state index is 11.9. The number of nitrogen functional groups attached to an aromatic ring is 1. The molecule has 0 saturated heterocycles. The quantitative estimate of drug-likeness (QED) is 0.563. The number of nitrogens with one attached hydrogen (secondary N) is 1. The topological polar surface area (TPSA) is 75.3 Å². The molecule has 0 aliphatic heterocycles. The molecule has 1 rings (SSSR count). The van der Waals surface area contributed by atoms with Gasteiger partial charge in [0.25, 0.3) is 0 Å². The molecule has 0 atom stereocenters. The molecule has 0 aliphatic carbocycles. The van der Waals surface area contributed by atoms with Crippen LogP contribution in [0.5, 0.6) is 0 Å². The summed E-state index contributed by atoms with van der Waals surface area (Å²) in [6.45, 7) is 0.114. The fourth-order valence-electron chi connectivity index (χ4n) is 1.37. The van der Waals surface area contributed by atoms with Crippen molar-refractivity contribution in [3.05, 3.63) is 23.8 Å². The lowest BCUT2D eigenvalue weighted by Gasteiger charge is -2.09. The van der Waals surface area contributed by atoms with E-state index >= 15 is 0 Å². The van der Waals surface area contributed by atoms with E-state index in [-0.39, 0.29) is 24.2 Å². The van der Waals surface area contributed by atoms with Gasteiger partial charge in [0.2, 0.25) is 0 Å². The molecule has 0 amide bonds. The van der Waals surface area contributed by atoms with Crippen molar-refractivity contribution < 1.29 is 23.1 Å². The van der Waals surface area contributed by atoms with E-state index in [1.165, 1.54) is 18.2 Å².